The fourth-order valence-electron chi connectivity index (χ4n) is 2.01. The molecule has 0 amide bonds. The number of aromatic nitrogens is 2. The molecule has 1 heterocycles. The fourth-order valence-corrected chi connectivity index (χ4v) is 2.01. The van der Waals surface area contributed by atoms with E-state index in [1.165, 1.54) is 10.7 Å². The van der Waals surface area contributed by atoms with Gasteiger partial charge in [0.15, 0.2) is 6.29 Å². The SMILES string of the molecule is CCn1nc(-c2cccc(OCC(C)C)c2)cc(C=O)c1=O. The van der Waals surface area contributed by atoms with Crippen LogP contribution in [0.15, 0.2) is 35.1 Å². The van der Waals surface area contributed by atoms with Crippen molar-refractivity contribution in [3.63, 3.8) is 0 Å². The first-order valence-electron chi connectivity index (χ1n) is 7.35. The minimum Gasteiger partial charge on any atom is -0.493 e. The Morgan fingerprint density at radius 2 is 2.09 bits per heavy atom. The highest BCUT2D eigenvalue weighted by atomic mass is 16.5. The molecule has 22 heavy (non-hydrogen) atoms. The summed E-state index contributed by atoms with van der Waals surface area (Å²) >= 11 is 0. The van der Waals surface area contributed by atoms with Crippen molar-refractivity contribution in [1.29, 1.82) is 0 Å². The zero-order chi connectivity index (χ0) is 16.1. The van der Waals surface area contributed by atoms with Gasteiger partial charge >= 0.3 is 0 Å². The van der Waals surface area contributed by atoms with Crippen molar-refractivity contribution in [1.82, 2.24) is 9.78 Å². The van der Waals surface area contributed by atoms with Gasteiger partial charge in [-0.05, 0) is 31.0 Å². The molecule has 5 nitrogen and oxygen atoms in total. The van der Waals surface area contributed by atoms with Crippen LogP contribution >= 0.6 is 0 Å². The largest absolute Gasteiger partial charge is 0.493 e. The molecule has 0 fully saturated rings. The molecule has 5 heteroatoms. The third kappa shape index (κ3) is 3.61. The second-order valence-corrected chi connectivity index (χ2v) is 5.46. The first kappa shape index (κ1) is 15.9. The van der Waals surface area contributed by atoms with Gasteiger partial charge < -0.3 is 4.74 Å². The Morgan fingerprint density at radius 3 is 2.73 bits per heavy atom. The molecule has 1 aromatic carbocycles. The van der Waals surface area contributed by atoms with Gasteiger partial charge in [0.05, 0.1) is 17.9 Å². The smallest absolute Gasteiger partial charge is 0.277 e. The summed E-state index contributed by atoms with van der Waals surface area (Å²) in [5, 5.41) is 4.30. The van der Waals surface area contributed by atoms with Gasteiger partial charge in [0.25, 0.3) is 5.56 Å². The molecule has 0 aliphatic carbocycles. The average molecular weight is 300 g/mol. The van der Waals surface area contributed by atoms with E-state index in [9.17, 15) is 9.59 Å². The van der Waals surface area contributed by atoms with Crippen molar-refractivity contribution in [2.24, 2.45) is 5.92 Å². The van der Waals surface area contributed by atoms with Gasteiger partial charge in [-0.1, -0.05) is 26.0 Å². The third-order valence-electron chi connectivity index (χ3n) is 3.14. The summed E-state index contributed by atoms with van der Waals surface area (Å²) in [6.45, 7) is 7.02. The van der Waals surface area contributed by atoms with E-state index < -0.39 is 0 Å². The number of hydrogen-bond acceptors (Lipinski definition) is 4. The second kappa shape index (κ2) is 7.02. The predicted molar refractivity (Wildman–Crippen MR) is 85.3 cm³/mol. The van der Waals surface area contributed by atoms with Crippen LogP contribution in [0, 0.1) is 5.92 Å². The molecule has 0 saturated carbocycles. The van der Waals surface area contributed by atoms with Gasteiger partial charge in [0.1, 0.15) is 5.75 Å². The van der Waals surface area contributed by atoms with E-state index in [0.717, 1.165) is 11.3 Å². The van der Waals surface area contributed by atoms with Crippen LogP contribution in [0.25, 0.3) is 11.3 Å². The van der Waals surface area contributed by atoms with Crippen molar-refractivity contribution in [2.75, 3.05) is 6.61 Å². The van der Waals surface area contributed by atoms with Crippen LogP contribution in [0.4, 0.5) is 0 Å². The lowest BCUT2D eigenvalue weighted by Gasteiger charge is -2.11. The highest BCUT2D eigenvalue weighted by Gasteiger charge is 2.09. The molecule has 0 radical (unpaired) electrons. The van der Waals surface area contributed by atoms with Gasteiger partial charge in [-0.2, -0.15) is 5.10 Å². The molecule has 1 aromatic heterocycles. The van der Waals surface area contributed by atoms with E-state index in [-0.39, 0.29) is 11.1 Å². The molecule has 0 N–H and O–H groups in total. The highest BCUT2D eigenvalue weighted by molar-refractivity contribution is 5.77. The molecule has 116 valence electrons. The molecule has 0 unspecified atom stereocenters. The maximum absolute atomic E-state index is 11.9. The number of carbonyl (C=O) groups is 1. The highest BCUT2D eigenvalue weighted by Crippen LogP contribution is 2.22. The van der Waals surface area contributed by atoms with E-state index in [4.69, 9.17) is 4.74 Å². The molecular weight excluding hydrogens is 280 g/mol. The standard InChI is InChI=1S/C17H20N2O3/c1-4-19-17(21)14(10-20)9-16(18-19)13-6-5-7-15(8-13)22-11-12(2)3/h5-10,12H,4,11H2,1-3H3. The predicted octanol–water partition coefficient (Wildman–Crippen LogP) is 2.78. The molecule has 0 atom stereocenters. The summed E-state index contributed by atoms with van der Waals surface area (Å²) in [5.41, 5.74) is 1.14. The lowest BCUT2D eigenvalue weighted by Crippen LogP contribution is -2.25. The second-order valence-electron chi connectivity index (χ2n) is 5.46. The normalized spacial score (nSPS) is 10.7. The van der Waals surface area contributed by atoms with Gasteiger partial charge in [-0.15, -0.1) is 0 Å². The lowest BCUT2D eigenvalue weighted by molar-refractivity contribution is 0.112. The minimum atomic E-state index is -0.367. The number of aldehydes is 1. The molecule has 0 spiro atoms. The maximum atomic E-state index is 11.9. The molecule has 0 aliphatic heterocycles. The first-order chi connectivity index (χ1) is 10.5. The van der Waals surface area contributed by atoms with Crippen LogP contribution in [0.2, 0.25) is 0 Å². The summed E-state index contributed by atoms with van der Waals surface area (Å²) in [6, 6.07) is 9.01. The Morgan fingerprint density at radius 1 is 1.32 bits per heavy atom. The number of ether oxygens (including phenoxy) is 1. The summed E-state index contributed by atoms with van der Waals surface area (Å²) < 4.78 is 6.99. The van der Waals surface area contributed by atoms with Gasteiger partial charge in [-0.25, -0.2) is 4.68 Å². The van der Waals surface area contributed by atoms with Gasteiger partial charge in [0, 0.05) is 12.1 Å². The molecular formula is C17H20N2O3. The van der Waals surface area contributed by atoms with Crippen molar-refractivity contribution in [2.45, 2.75) is 27.3 Å². The van der Waals surface area contributed by atoms with Crippen molar-refractivity contribution in [3.8, 4) is 17.0 Å². The van der Waals surface area contributed by atoms with Crippen LogP contribution in [0.3, 0.4) is 0 Å². The Balaban J connectivity index is 2.41. The molecule has 0 bridgehead atoms. The van der Waals surface area contributed by atoms with E-state index in [1.807, 2.05) is 31.2 Å². The van der Waals surface area contributed by atoms with Crippen molar-refractivity contribution in [3.05, 3.63) is 46.2 Å². The van der Waals surface area contributed by atoms with E-state index in [2.05, 4.69) is 18.9 Å². The zero-order valence-corrected chi connectivity index (χ0v) is 13.1. The zero-order valence-electron chi connectivity index (χ0n) is 13.1. The Kier molecular flexibility index (Phi) is 5.09. The minimum absolute atomic E-state index is 0.111. The average Bonchev–Trinajstić information content (AvgIpc) is 2.53. The van der Waals surface area contributed by atoms with Crippen LogP contribution < -0.4 is 10.3 Å². The Hall–Kier alpha value is -2.43. The Bertz CT molecular complexity index is 720. The van der Waals surface area contributed by atoms with Crippen LogP contribution in [0.5, 0.6) is 5.75 Å². The molecule has 2 aromatic rings. The number of carbonyl (C=O) groups excluding carboxylic acids is 1. The first-order valence-corrected chi connectivity index (χ1v) is 7.35. The fraction of sp³-hybridized carbons (Fsp3) is 0.353. The number of aryl methyl sites for hydroxylation is 1. The lowest BCUT2D eigenvalue weighted by atomic mass is 10.1. The molecule has 2 rings (SSSR count). The van der Waals surface area contributed by atoms with E-state index in [1.54, 1.807) is 0 Å². The van der Waals surface area contributed by atoms with Crippen molar-refractivity contribution < 1.29 is 9.53 Å². The van der Waals surface area contributed by atoms with E-state index >= 15 is 0 Å². The third-order valence-corrected chi connectivity index (χ3v) is 3.14. The van der Waals surface area contributed by atoms with Gasteiger partial charge in [-0.3, -0.25) is 9.59 Å². The monoisotopic (exact) mass is 300 g/mol. The van der Waals surface area contributed by atoms with Crippen LogP contribution in [-0.4, -0.2) is 22.7 Å². The summed E-state index contributed by atoms with van der Waals surface area (Å²) in [6.07, 6.45) is 0.568. The topological polar surface area (TPSA) is 61.2 Å². The summed E-state index contributed by atoms with van der Waals surface area (Å²) in [5.74, 6) is 1.18. The van der Waals surface area contributed by atoms with E-state index in [0.29, 0.717) is 31.0 Å². The number of hydrogen-bond donors (Lipinski definition) is 0. The molecule has 0 aliphatic rings. The quantitative estimate of drug-likeness (QED) is 0.770. The van der Waals surface area contributed by atoms with Gasteiger partial charge in [0.2, 0.25) is 0 Å². The number of nitrogens with zero attached hydrogens (tertiary/aromatic N) is 2. The number of benzene rings is 1. The number of rotatable bonds is 6. The van der Waals surface area contributed by atoms with Crippen LogP contribution in [0.1, 0.15) is 31.1 Å². The Labute approximate surface area is 129 Å². The van der Waals surface area contributed by atoms with Crippen LogP contribution in [-0.2, 0) is 6.54 Å². The van der Waals surface area contributed by atoms with Crippen molar-refractivity contribution >= 4 is 6.29 Å². The maximum Gasteiger partial charge on any atom is 0.277 e. The molecule has 0 saturated heterocycles. The summed E-state index contributed by atoms with van der Waals surface area (Å²) in [7, 11) is 0. The summed E-state index contributed by atoms with van der Waals surface area (Å²) in [4.78, 5) is 23.0.